The molecular weight excluding hydrogens is 210 g/mol. The van der Waals surface area contributed by atoms with Crippen LogP contribution in [-0.2, 0) is 6.54 Å². The van der Waals surface area contributed by atoms with Gasteiger partial charge in [0.15, 0.2) is 0 Å². The van der Waals surface area contributed by atoms with Crippen LogP contribution >= 0.6 is 0 Å². The zero-order chi connectivity index (χ0) is 11.7. The van der Waals surface area contributed by atoms with Gasteiger partial charge < -0.3 is 5.32 Å². The number of hydrogen-bond acceptors (Lipinski definition) is 2. The molecule has 3 nitrogen and oxygen atoms in total. The molecule has 2 aromatic rings. The molecule has 3 heteroatoms. The number of nitrogens with zero attached hydrogens (tertiary/aromatic N) is 2. The Balaban J connectivity index is 1.64. The molecule has 1 aliphatic carbocycles. The molecular formula is C14H17N3. The first-order valence-electron chi connectivity index (χ1n) is 6.15. The van der Waals surface area contributed by atoms with Crippen LogP contribution in [0.15, 0.2) is 42.7 Å². The summed E-state index contributed by atoms with van der Waals surface area (Å²) in [5.41, 5.74) is 2.44. The Morgan fingerprint density at radius 3 is 2.71 bits per heavy atom. The quantitative estimate of drug-likeness (QED) is 0.869. The molecule has 0 aliphatic heterocycles. The minimum Gasteiger partial charge on any atom is -0.310 e. The topological polar surface area (TPSA) is 29.9 Å². The Hall–Kier alpha value is -1.61. The van der Waals surface area contributed by atoms with Crippen molar-refractivity contribution in [3.8, 4) is 5.69 Å². The molecule has 3 rings (SSSR count). The highest BCUT2D eigenvalue weighted by Crippen LogP contribution is 2.29. The Bertz CT molecular complexity index is 473. The van der Waals surface area contributed by atoms with E-state index in [4.69, 9.17) is 0 Å². The van der Waals surface area contributed by atoms with Gasteiger partial charge in [-0.25, -0.2) is 4.68 Å². The summed E-state index contributed by atoms with van der Waals surface area (Å²) >= 11 is 0. The molecule has 0 radical (unpaired) electrons. The molecule has 88 valence electrons. The van der Waals surface area contributed by atoms with Crippen LogP contribution in [0.5, 0.6) is 0 Å². The normalized spacial score (nSPS) is 22.6. The van der Waals surface area contributed by atoms with Gasteiger partial charge in [0, 0.05) is 25.0 Å². The number of rotatable bonds is 4. The monoisotopic (exact) mass is 227 g/mol. The molecule has 0 spiro atoms. The average Bonchev–Trinajstić information content (AvgIpc) is 2.83. The molecule has 1 aromatic carbocycles. The Labute approximate surface area is 101 Å². The first-order valence-corrected chi connectivity index (χ1v) is 6.15. The smallest absolute Gasteiger partial charge is 0.0645 e. The second-order valence-electron chi connectivity index (χ2n) is 4.82. The lowest BCUT2D eigenvalue weighted by Crippen LogP contribution is -2.16. The minimum absolute atomic E-state index is 0.737. The van der Waals surface area contributed by atoms with E-state index in [1.165, 1.54) is 12.0 Å². The van der Waals surface area contributed by atoms with Gasteiger partial charge in [-0.05, 0) is 36.1 Å². The van der Waals surface area contributed by atoms with Crippen LogP contribution in [0.3, 0.4) is 0 Å². The third-order valence-corrected chi connectivity index (χ3v) is 3.38. The van der Waals surface area contributed by atoms with Crippen molar-refractivity contribution in [3.05, 3.63) is 48.3 Å². The largest absolute Gasteiger partial charge is 0.310 e. The van der Waals surface area contributed by atoms with Crippen LogP contribution in [0.1, 0.15) is 18.9 Å². The summed E-state index contributed by atoms with van der Waals surface area (Å²) in [6, 6.07) is 11.2. The molecule has 1 aromatic heterocycles. The zero-order valence-corrected chi connectivity index (χ0v) is 10.0. The summed E-state index contributed by atoms with van der Waals surface area (Å²) in [7, 11) is 0. The SMILES string of the molecule is CC1CC1NCc1ccc(-n2cccn2)cc1. The highest BCUT2D eigenvalue weighted by Gasteiger charge is 2.31. The predicted octanol–water partition coefficient (Wildman–Crippen LogP) is 2.37. The van der Waals surface area contributed by atoms with Crippen LogP contribution in [0.2, 0.25) is 0 Å². The van der Waals surface area contributed by atoms with E-state index < -0.39 is 0 Å². The maximum Gasteiger partial charge on any atom is 0.0645 e. The molecule has 17 heavy (non-hydrogen) atoms. The van der Waals surface area contributed by atoms with E-state index in [0.29, 0.717) is 0 Å². The van der Waals surface area contributed by atoms with Crippen molar-refractivity contribution in [1.29, 1.82) is 0 Å². The van der Waals surface area contributed by atoms with Gasteiger partial charge in [-0.2, -0.15) is 5.10 Å². The van der Waals surface area contributed by atoms with Gasteiger partial charge in [-0.1, -0.05) is 19.1 Å². The highest BCUT2D eigenvalue weighted by molar-refractivity contribution is 5.33. The molecule has 0 bridgehead atoms. The van der Waals surface area contributed by atoms with E-state index in [0.717, 1.165) is 24.2 Å². The standard InChI is InChI=1S/C14H17N3/c1-11-9-14(11)15-10-12-3-5-13(6-4-12)17-8-2-7-16-17/h2-8,11,14-15H,9-10H2,1H3. The Morgan fingerprint density at radius 1 is 1.35 bits per heavy atom. The first kappa shape index (κ1) is 10.5. The van der Waals surface area contributed by atoms with Gasteiger partial charge in [0.2, 0.25) is 0 Å². The van der Waals surface area contributed by atoms with Crippen molar-refractivity contribution < 1.29 is 0 Å². The van der Waals surface area contributed by atoms with Crippen LogP contribution in [-0.4, -0.2) is 15.8 Å². The van der Waals surface area contributed by atoms with E-state index in [2.05, 4.69) is 41.6 Å². The van der Waals surface area contributed by atoms with E-state index in [9.17, 15) is 0 Å². The van der Waals surface area contributed by atoms with Gasteiger partial charge in [0.05, 0.1) is 5.69 Å². The van der Waals surface area contributed by atoms with Crippen molar-refractivity contribution in [2.45, 2.75) is 25.9 Å². The van der Waals surface area contributed by atoms with Crippen LogP contribution in [0.4, 0.5) is 0 Å². The van der Waals surface area contributed by atoms with Crippen molar-refractivity contribution in [2.24, 2.45) is 5.92 Å². The number of hydrogen-bond donors (Lipinski definition) is 1. The molecule has 1 saturated carbocycles. The molecule has 1 aliphatic rings. The molecule has 2 atom stereocenters. The zero-order valence-electron chi connectivity index (χ0n) is 10.0. The van der Waals surface area contributed by atoms with Crippen molar-refractivity contribution in [3.63, 3.8) is 0 Å². The van der Waals surface area contributed by atoms with Crippen molar-refractivity contribution in [2.75, 3.05) is 0 Å². The fourth-order valence-electron chi connectivity index (χ4n) is 2.04. The molecule has 0 amide bonds. The first-order chi connectivity index (χ1) is 8.33. The average molecular weight is 227 g/mol. The summed E-state index contributed by atoms with van der Waals surface area (Å²) in [5, 5.41) is 7.77. The summed E-state index contributed by atoms with van der Waals surface area (Å²) in [6.07, 6.45) is 5.08. The predicted molar refractivity (Wildman–Crippen MR) is 68.0 cm³/mol. The maximum atomic E-state index is 4.21. The maximum absolute atomic E-state index is 4.21. The van der Waals surface area contributed by atoms with Gasteiger partial charge >= 0.3 is 0 Å². The summed E-state index contributed by atoms with van der Waals surface area (Å²) < 4.78 is 1.88. The van der Waals surface area contributed by atoms with Gasteiger partial charge in [-0.15, -0.1) is 0 Å². The van der Waals surface area contributed by atoms with Crippen LogP contribution in [0.25, 0.3) is 5.69 Å². The Kier molecular flexibility index (Phi) is 2.69. The summed E-state index contributed by atoms with van der Waals surface area (Å²) in [4.78, 5) is 0. The van der Waals surface area contributed by atoms with Crippen molar-refractivity contribution >= 4 is 0 Å². The van der Waals surface area contributed by atoms with E-state index in [-0.39, 0.29) is 0 Å². The number of benzene rings is 1. The van der Waals surface area contributed by atoms with Gasteiger partial charge in [0.1, 0.15) is 0 Å². The molecule has 2 unspecified atom stereocenters. The lowest BCUT2D eigenvalue weighted by Gasteiger charge is -2.05. The summed E-state index contributed by atoms with van der Waals surface area (Å²) in [5.74, 6) is 0.860. The van der Waals surface area contributed by atoms with Gasteiger partial charge in [-0.3, -0.25) is 0 Å². The second-order valence-corrected chi connectivity index (χ2v) is 4.82. The second kappa shape index (κ2) is 4.34. The highest BCUT2D eigenvalue weighted by atomic mass is 15.3. The third-order valence-electron chi connectivity index (χ3n) is 3.38. The van der Waals surface area contributed by atoms with Gasteiger partial charge in [0.25, 0.3) is 0 Å². The summed E-state index contributed by atoms with van der Waals surface area (Å²) in [6.45, 7) is 3.26. The van der Waals surface area contributed by atoms with E-state index in [1.807, 2.05) is 16.9 Å². The lowest BCUT2D eigenvalue weighted by molar-refractivity contribution is 0.652. The molecule has 1 heterocycles. The fraction of sp³-hybridized carbons (Fsp3) is 0.357. The van der Waals surface area contributed by atoms with Crippen molar-refractivity contribution in [1.82, 2.24) is 15.1 Å². The minimum atomic E-state index is 0.737. The van der Waals surface area contributed by atoms with E-state index in [1.54, 1.807) is 6.20 Å². The molecule has 0 saturated heterocycles. The third kappa shape index (κ3) is 2.39. The van der Waals surface area contributed by atoms with Crippen LogP contribution in [0, 0.1) is 5.92 Å². The van der Waals surface area contributed by atoms with Crippen LogP contribution < -0.4 is 5.32 Å². The number of nitrogens with one attached hydrogen (secondary N) is 1. The fourth-order valence-corrected chi connectivity index (χ4v) is 2.04. The molecule has 1 N–H and O–H groups in total. The Morgan fingerprint density at radius 2 is 2.12 bits per heavy atom. The molecule has 1 fully saturated rings. The number of aromatic nitrogens is 2. The lowest BCUT2D eigenvalue weighted by atomic mass is 10.2. The van der Waals surface area contributed by atoms with E-state index >= 15 is 0 Å².